The summed E-state index contributed by atoms with van der Waals surface area (Å²) in [7, 11) is 3.40. The third-order valence-corrected chi connectivity index (χ3v) is 18.8. The molecule has 442 valence electrons. The van der Waals surface area contributed by atoms with Crippen molar-refractivity contribution < 1.29 is 38.4 Å². The lowest BCUT2D eigenvalue weighted by molar-refractivity contribution is -0.149. The van der Waals surface area contributed by atoms with Gasteiger partial charge in [-0.1, -0.05) is 99.2 Å². The number of amides is 8. The molecule has 2 saturated carbocycles. The van der Waals surface area contributed by atoms with E-state index in [4.69, 9.17) is 0 Å². The van der Waals surface area contributed by atoms with Crippen LogP contribution in [-0.4, -0.2) is 155 Å². The molecular formula is C64H88N10O8. The molecule has 8 amide bonds. The Labute approximate surface area is 484 Å². The maximum Gasteiger partial charge on any atom is 0.251 e. The SMILES string of the molecule is CN[C@@H](C)C(=O)N[C@H](C(=O)N1C[C@@H](NC(=O)c2ccc(C(=O)N[C@H]3C[C@@H](C(=O)N4CCCC[C@@H]4c4ccccc4)N(C(=O)[C@@H](NC(=O)[C@H](C)NC)C4CCCCC4)C3)cc2)C[C@H]1C(=O)N1CCCC[C@@H]1c1ccccc1)C1CCCCC1. The summed E-state index contributed by atoms with van der Waals surface area (Å²) in [4.78, 5) is 123. The van der Waals surface area contributed by atoms with Crippen molar-refractivity contribution in [3.8, 4) is 0 Å². The Morgan fingerprint density at radius 1 is 0.439 bits per heavy atom. The third-order valence-electron chi connectivity index (χ3n) is 18.8. The van der Waals surface area contributed by atoms with Gasteiger partial charge in [-0.3, -0.25) is 38.4 Å². The largest absolute Gasteiger partial charge is 0.347 e. The molecule has 0 bridgehead atoms. The van der Waals surface area contributed by atoms with Crippen LogP contribution in [0.15, 0.2) is 84.9 Å². The van der Waals surface area contributed by atoms with E-state index in [-0.39, 0.29) is 96.4 Å². The van der Waals surface area contributed by atoms with E-state index in [0.29, 0.717) is 13.1 Å². The first-order chi connectivity index (χ1) is 39.7. The summed E-state index contributed by atoms with van der Waals surface area (Å²) in [5.41, 5.74) is 2.62. The summed E-state index contributed by atoms with van der Waals surface area (Å²) >= 11 is 0. The second-order valence-electron chi connectivity index (χ2n) is 24.1. The first-order valence-corrected chi connectivity index (χ1v) is 30.7. The highest BCUT2D eigenvalue weighted by Crippen LogP contribution is 2.37. The Hall–Kier alpha value is -6.66. The number of likely N-dealkylation sites (N-methyl/N-ethyl adjacent to an activating group) is 2. The average Bonchev–Trinajstić information content (AvgIpc) is 4.30. The molecular weight excluding hydrogens is 1040 g/mol. The van der Waals surface area contributed by atoms with Crippen LogP contribution in [0.5, 0.6) is 0 Å². The molecule has 4 saturated heterocycles. The van der Waals surface area contributed by atoms with Crippen molar-refractivity contribution in [3.05, 3.63) is 107 Å². The lowest BCUT2D eigenvalue weighted by atomic mass is 9.83. The highest BCUT2D eigenvalue weighted by molar-refractivity contribution is 5.99. The maximum atomic E-state index is 15.1. The van der Waals surface area contributed by atoms with Gasteiger partial charge >= 0.3 is 0 Å². The number of likely N-dealkylation sites (tertiary alicyclic amines) is 4. The Balaban J connectivity index is 0.919. The van der Waals surface area contributed by atoms with E-state index in [9.17, 15) is 19.2 Å². The zero-order valence-corrected chi connectivity index (χ0v) is 48.6. The van der Waals surface area contributed by atoms with Crippen LogP contribution in [0.2, 0.25) is 0 Å². The molecule has 3 aromatic rings. The first-order valence-electron chi connectivity index (χ1n) is 30.7. The molecule has 6 aliphatic rings. The minimum absolute atomic E-state index is 0.0733. The summed E-state index contributed by atoms with van der Waals surface area (Å²) in [5, 5.41) is 18.4. The summed E-state index contributed by atoms with van der Waals surface area (Å²) < 4.78 is 0. The number of rotatable bonds is 18. The highest BCUT2D eigenvalue weighted by atomic mass is 16.2. The lowest BCUT2D eigenvalue weighted by Gasteiger charge is -2.40. The van der Waals surface area contributed by atoms with Crippen LogP contribution >= 0.6 is 0 Å². The van der Waals surface area contributed by atoms with Crippen molar-refractivity contribution in [2.75, 3.05) is 40.3 Å². The second-order valence-corrected chi connectivity index (χ2v) is 24.1. The van der Waals surface area contributed by atoms with E-state index in [1.54, 1.807) is 62.0 Å². The Morgan fingerprint density at radius 2 is 0.793 bits per heavy atom. The number of nitrogens with zero attached hydrogens (tertiary/aromatic N) is 4. The first kappa shape index (κ1) is 59.9. The van der Waals surface area contributed by atoms with Crippen molar-refractivity contribution in [1.82, 2.24) is 51.5 Å². The zero-order valence-electron chi connectivity index (χ0n) is 48.6. The fourth-order valence-corrected chi connectivity index (χ4v) is 13.8. The monoisotopic (exact) mass is 1120 g/mol. The van der Waals surface area contributed by atoms with Gasteiger partial charge in [0.2, 0.25) is 35.4 Å². The van der Waals surface area contributed by atoms with Gasteiger partial charge in [-0.2, -0.15) is 0 Å². The van der Waals surface area contributed by atoms with Crippen LogP contribution < -0.4 is 31.9 Å². The molecule has 10 atom stereocenters. The van der Waals surface area contributed by atoms with Gasteiger partial charge in [0.1, 0.15) is 24.2 Å². The van der Waals surface area contributed by atoms with Gasteiger partial charge in [0.25, 0.3) is 11.8 Å². The van der Waals surface area contributed by atoms with E-state index in [0.717, 1.165) is 114 Å². The molecule has 0 spiro atoms. The molecule has 2 aliphatic carbocycles. The minimum Gasteiger partial charge on any atom is -0.347 e. The number of benzene rings is 3. The fourth-order valence-electron chi connectivity index (χ4n) is 13.8. The second kappa shape index (κ2) is 28.1. The van der Waals surface area contributed by atoms with Crippen LogP contribution in [0.1, 0.15) is 173 Å². The van der Waals surface area contributed by atoms with E-state index in [1.807, 2.05) is 70.5 Å². The van der Waals surface area contributed by atoms with Gasteiger partial charge in [0.15, 0.2) is 0 Å². The molecule has 18 nitrogen and oxygen atoms in total. The number of hydrogen-bond donors (Lipinski definition) is 6. The quantitative estimate of drug-likeness (QED) is 0.0881. The van der Waals surface area contributed by atoms with E-state index in [2.05, 4.69) is 31.9 Å². The Bertz CT molecular complexity index is 2520. The lowest BCUT2D eigenvalue weighted by Crippen LogP contribution is -2.58. The number of nitrogens with one attached hydrogen (secondary N) is 6. The highest BCUT2D eigenvalue weighted by Gasteiger charge is 2.49. The van der Waals surface area contributed by atoms with Crippen LogP contribution in [0.4, 0.5) is 0 Å². The average molecular weight is 1130 g/mol. The van der Waals surface area contributed by atoms with Gasteiger partial charge in [0.05, 0.1) is 24.2 Å². The van der Waals surface area contributed by atoms with E-state index < -0.39 is 60.1 Å². The van der Waals surface area contributed by atoms with Crippen LogP contribution in [-0.2, 0) is 28.8 Å². The Morgan fingerprint density at radius 3 is 1.15 bits per heavy atom. The molecule has 0 unspecified atom stereocenters. The molecule has 9 rings (SSSR count). The maximum absolute atomic E-state index is 15.1. The molecule has 3 aromatic carbocycles. The van der Waals surface area contributed by atoms with Gasteiger partial charge < -0.3 is 51.5 Å². The van der Waals surface area contributed by atoms with Gasteiger partial charge in [-0.05, 0) is 152 Å². The summed E-state index contributed by atoms with van der Waals surface area (Å²) in [5.74, 6) is -2.62. The number of hydrogen-bond acceptors (Lipinski definition) is 10. The molecule has 0 aromatic heterocycles. The van der Waals surface area contributed by atoms with Crippen molar-refractivity contribution in [1.29, 1.82) is 0 Å². The summed E-state index contributed by atoms with van der Waals surface area (Å²) in [6, 6.07) is 20.2. The molecule has 4 aliphatic heterocycles. The predicted molar refractivity (Wildman–Crippen MR) is 313 cm³/mol. The third kappa shape index (κ3) is 14.0. The smallest absolute Gasteiger partial charge is 0.251 e. The molecule has 4 heterocycles. The van der Waals surface area contributed by atoms with Crippen molar-refractivity contribution >= 4 is 47.3 Å². The van der Waals surface area contributed by atoms with Gasteiger partial charge in [-0.25, -0.2) is 0 Å². The fraction of sp³-hybridized carbons (Fsp3) is 0.594. The van der Waals surface area contributed by atoms with Crippen molar-refractivity contribution in [2.24, 2.45) is 11.8 Å². The Kier molecular flexibility index (Phi) is 20.5. The number of piperidine rings is 2. The zero-order chi connectivity index (χ0) is 57.9. The van der Waals surface area contributed by atoms with Crippen molar-refractivity contribution in [2.45, 2.75) is 190 Å². The van der Waals surface area contributed by atoms with Gasteiger partial charge in [-0.15, -0.1) is 0 Å². The normalized spacial score (nSPS) is 25.1. The summed E-state index contributed by atoms with van der Waals surface area (Å²) in [6.07, 6.45) is 14.5. The minimum atomic E-state index is -0.876. The summed E-state index contributed by atoms with van der Waals surface area (Å²) in [6.45, 7) is 4.72. The van der Waals surface area contributed by atoms with Crippen LogP contribution in [0.3, 0.4) is 0 Å². The van der Waals surface area contributed by atoms with Crippen LogP contribution in [0, 0.1) is 11.8 Å². The van der Waals surface area contributed by atoms with Crippen LogP contribution in [0.25, 0.3) is 0 Å². The number of carbonyl (C=O) groups is 8. The molecule has 6 N–H and O–H groups in total. The topological polar surface area (TPSA) is 222 Å². The molecule has 18 heteroatoms. The van der Waals surface area contributed by atoms with E-state index >= 15 is 19.2 Å². The van der Waals surface area contributed by atoms with Gasteiger partial charge in [0, 0.05) is 49.4 Å². The molecule has 82 heavy (non-hydrogen) atoms. The standard InChI is InChI=1S/C64H88N10O8/c1-41(65-3)57(75)69-55(45-25-13-7-14-26-45)63(81)73-39-49(37-53(73)61(79)71-35-19-17-29-51(71)43-21-9-5-10-22-43)67-59(77)47-31-33-48(34-32-47)60(78)68-50-38-54(62(80)72-36-20-18-30-52(72)44-23-11-6-12-24-44)74(40-50)64(82)56(46-27-15-8-16-28-46)70-58(76)42(2)66-4/h5-6,9-12,21-24,31-34,41-42,45-46,49-56,65-66H,7-8,13-20,25-30,35-40H2,1-4H3,(H,67,77)(H,68,78)(H,69,75)(H,70,76)/t41-,42-,49-,50-,51+,52+,53-,54-,55-,56-/m0/s1. The number of carbonyl (C=O) groups excluding carboxylic acids is 8. The molecule has 0 radical (unpaired) electrons. The van der Waals surface area contributed by atoms with Crippen molar-refractivity contribution in [3.63, 3.8) is 0 Å². The predicted octanol–water partition coefficient (Wildman–Crippen LogP) is 5.94. The molecule has 6 fully saturated rings. The van der Waals surface area contributed by atoms with E-state index in [1.165, 1.54) is 0 Å².